The van der Waals surface area contributed by atoms with E-state index in [0.29, 0.717) is 11.7 Å². The number of nitro benzene ring substituents is 2. The van der Waals surface area contributed by atoms with Crippen LogP contribution in [0.3, 0.4) is 0 Å². The molecule has 0 unspecified atom stereocenters. The maximum atomic E-state index is 11.0. The number of nitro groups is 2. The van der Waals surface area contributed by atoms with Gasteiger partial charge in [0.15, 0.2) is 0 Å². The number of benzene rings is 1. The molecule has 0 bridgehead atoms. The van der Waals surface area contributed by atoms with Crippen molar-refractivity contribution < 1.29 is 14.3 Å². The highest BCUT2D eigenvalue weighted by molar-refractivity contribution is 5.65. The summed E-state index contributed by atoms with van der Waals surface area (Å²) in [7, 11) is 0. The normalized spacial score (nSPS) is 11.3. The number of nitrogens with zero attached hydrogens (tertiary/aromatic N) is 3. The van der Waals surface area contributed by atoms with Crippen molar-refractivity contribution in [3.8, 4) is 0 Å². The number of nitrogens with one attached hydrogen (secondary N) is 1. The van der Waals surface area contributed by atoms with Crippen LogP contribution in [0.2, 0.25) is 0 Å². The molecule has 0 aliphatic heterocycles. The summed E-state index contributed by atoms with van der Waals surface area (Å²) in [5.41, 5.74) is -0.740. The zero-order valence-electron chi connectivity index (χ0n) is 12.9. The molecule has 9 heteroatoms. The first-order valence-electron chi connectivity index (χ1n) is 6.80. The number of hydrogen-bond donors (Lipinski definition) is 1. The minimum Gasteiger partial charge on any atom is -0.443 e. The van der Waals surface area contributed by atoms with E-state index in [1.165, 1.54) is 12.1 Å². The second-order valence-electron chi connectivity index (χ2n) is 5.94. The van der Waals surface area contributed by atoms with E-state index in [0.717, 1.165) is 6.07 Å². The van der Waals surface area contributed by atoms with Crippen LogP contribution in [0.4, 0.5) is 17.1 Å². The largest absolute Gasteiger partial charge is 0.443 e. The van der Waals surface area contributed by atoms with Gasteiger partial charge in [0.25, 0.3) is 11.4 Å². The summed E-state index contributed by atoms with van der Waals surface area (Å²) in [6.45, 7) is 6.07. The monoisotopic (exact) mass is 320 g/mol. The van der Waals surface area contributed by atoms with Gasteiger partial charge in [-0.05, 0) is 6.07 Å². The van der Waals surface area contributed by atoms with E-state index in [1.807, 2.05) is 20.8 Å². The van der Waals surface area contributed by atoms with Crippen molar-refractivity contribution in [1.82, 2.24) is 4.98 Å². The number of oxazole rings is 1. The fraction of sp³-hybridized carbons (Fsp3) is 0.357. The lowest BCUT2D eigenvalue weighted by Gasteiger charge is -2.13. The molecule has 0 aliphatic carbocycles. The number of hydrogen-bond acceptors (Lipinski definition) is 7. The second kappa shape index (κ2) is 6.03. The molecule has 2 aromatic rings. The van der Waals surface area contributed by atoms with Crippen LogP contribution in [0.1, 0.15) is 32.4 Å². The molecule has 0 saturated heterocycles. The Morgan fingerprint density at radius 2 is 1.91 bits per heavy atom. The van der Waals surface area contributed by atoms with Gasteiger partial charge in [-0.2, -0.15) is 0 Å². The van der Waals surface area contributed by atoms with E-state index in [4.69, 9.17) is 4.42 Å². The van der Waals surface area contributed by atoms with Gasteiger partial charge in [-0.1, -0.05) is 20.8 Å². The molecule has 1 heterocycles. The third-order valence-corrected chi connectivity index (χ3v) is 3.11. The van der Waals surface area contributed by atoms with Crippen molar-refractivity contribution in [2.24, 2.45) is 0 Å². The summed E-state index contributed by atoms with van der Waals surface area (Å²) in [6, 6.07) is 3.41. The van der Waals surface area contributed by atoms with Crippen LogP contribution in [0, 0.1) is 20.2 Å². The Balaban J connectivity index is 2.18. The summed E-state index contributed by atoms with van der Waals surface area (Å²) >= 11 is 0. The van der Waals surface area contributed by atoms with Crippen molar-refractivity contribution in [2.75, 3.05) is 5.32 Å². The van der Waals surface area contributed by atoms with Gasteiger partial charge in [0.2, 0.25) is 5.89 Å². The van der Waals surface area contributed by atoms with Gasteiger partial charge in [-0.25, -0.2) is 4.98 Å². The van der Waals surface area contributed by atoms with Gasteiger partial charge >= 0.3 is 0 Å². The Morgan fingerprint density at radius 3 is 2.43 bits per heavy atom. The van der Waals surface area contributed by atoms with Crippen molar-refractivity contribution in [3.05, 3.63) is 56.3 Å². The van der Waals surface area contributed by atoms with Gasteiger partial charge in [0.05, 0.1) is 28.7 Å². The molecule has 2 rings (SSSR count). The van der Waals surface area contributed by atoms with Crippen LogP contribution < -0.4 is 5.32 Å². The summed E-state index contributed by atoms with van der Waals surface area (Å²) in [6.07, 6.45) is 1.61. The van der Waals surface area contributed by atoms with Crippen LogP contribution in [0.5, 0.6) is 0 Å². The van der Waals surface area contributed by atoms with Gasteiger partial charge in [-0.3, -0.25) is 20.2 Å². The maximum absolute atomic E-state index is 11.0. The van der Waals surface area contributed by atoms with Gasteiger partial charge in [0.1, 0.15) is 11.4 Å². The summed E-state index contributed by atoms with van der Waals surface area (Å²) in [4.78, 5) is 24.5. The van der Waals surface area contributed by atoms with Crippen molar-refractivity contribution in [1.29, 1.82) is 0 Å². The molecule has 1 aromatic heterocycles. The lowest BCUT2D eigenvalue weighted by molar-refractivity contribution is -0.393. The Labute approximate surface area is 131 Å². The lowest BCUT2D eigenvalue weighted by atomic mass is 9.94. The quantitative estimate of drug-likeness (QED) is 0.661. The molecule has 0 fully saturated rings. The zero-order chi connectivity index (χ0) is 17.2. The third-order valence-electron chi connectivity index (χ3n) is 3.11. The molecule has 0 amide bonds. The summed E-state index contributed by atoms with van der Waals surface area (Å²) < 4.78 is 5.58. The Morgan fingerprint density at radius 1 is 1.22 bits per heavy atom. The predicted octanol–water partition coefficient (Wildman–Crippen LogP) is 3.40. The van der Waals surface area contributed by atoms with Gasteiger partial charge < -0.3 is 9.73 Å². The molecule has 1 aromatic carbocycles. The first-order valence-corrected chi connectivity index (χ1v) is 6.80. The zero-order valence-corrected chi connectivity index (χ0v) is 12.9. The highest BCUT2D eigenvalue weighted by Crippen LogP contribution is 2.29. The number of rotatable bonds is 5. The fourth-order valence-electron chi connectivity index (χ4n) is 1.84. The molecule has 0 spiro atoms. The molecular weight excluding hydrogens is 304 g/mol. The van der Waals surface area contributed by atoms with Crippen molar-refractivity contribution in [3.63, 3.8) is 0 Å². The molecule has 0 aliphatic rings. The number of aromatic nitrogens is 1. The number of non-ortho nitro benzene ring substituents is 1. The minimum absolute atomic E-state index is 0.134. The molecule has 122 valence electrons. The van der Waals surface area contributed by atoms with E-state index in [2.05, 4.69) is 10.3 Å². The molecule has 1 N–H and O–H groups in total. The first-order chi connectivity index (χ1) is 10.7. The smallest absolute Gasteiger partial charge is 0.299 e. The second-order valence-corrected chi connectivity index (χ2v) is 5.94. The molecule has 9 nitrogen and oxygen atoms in total. The van der Waals surface area contributed by atoms with Crippen LogP contribution >= 0.6 is 0 Å². The van der Waals surface area contributed by atoms with Crippen LogP contribution in [-0.4, -0.2) is 14.8 Å². The standard InChI is InChI=1S/C14H16N4O5/c1-14(2,3)12-7-16-13(23-12)8-15-10-5-4-9(17(19)20)6-11(10)18(21)22/h4-7,15H,8H2,1-3H3. The fourth-order valence-corrected chi connectivity index (χ4v) is 1.84. The molecule has 23 heavy (non-hydrogen) atoms. The Kier molecular flexibility index (Phi) is 4.30. The van der Waals surface area contributed by atoms with Gasteiger partial charge in [0, 0.05) is 11.5 Å². The van der Waals surface area contributed by atoms with Crippen molar-refractivity contribution >= 4 is 17.1 Å². The molecule has 0 saturated carbocycles. The summed E-state index contributed by atoms with van der Waals surface area (Å²) in [5, 5.41) is 24.6. The maximum Gasteiger partial charge on any atom is 0.299 e. The molecule has 0 radical (unpaired) electrons. The Hall–Kier alpha value is -2.97. The van der Waals surface area contributed by atoms with E-state index in [9.17, 15) is 20.2 Å². The van der Waals surface area contributed by atoms with Crippen LogP contribution in [-0.2, 0) is 12.0 Å². The average Bonchev–Trinajstić information content (AvgIpc) is 2.93. The average molecular weight is 320 g/mol. The van der Waals surface area contributed by atoms with Crippen LogP contribution in [0.15, 0.2) is 28.8 Å². The highest BCUT2D eigenvalue weighted by atomic mass is 16.6. The first kappa shape index (κ1) is 16.4. The third kappa shape index (κ3) is 3.82. The Bertz CT molecular complexity index is 748. The molecular formula is C14H16N4O5. The predicted molar refractivity (Wildman–Crippen MR) is 82.3 cm³/mol. The molecule has 0 atom stereocenters. The highest BCUT2D eigenvalue weighted by Gasteiger charge is 2.21. The van der Waals surface area contributed by atoms with Crippen LogP contribution in [0.25, 0.3) is 0 Å². The number of anilines is 1. The van der Waals surface area contributed by atoms with E-state index in [-0.39, 0.29) is 29.0 Å². The van der Waals surface area contributed by atoms with E-state index in [1.54, 1.807) is 6.20 Å². The lowest BCUT2D eigenvalue weighted by Crippen LogP contribution is -2.09. The van der Waals surface area contributed by atoms with E-state index >= 15 is 0 Å². The van der Waals surface area contributed by atoms with Crippen molar-refractivity contribution in [2.45, 2.75) is 32.7 Å². The summed E-state index contributed by atoms with van der Waals surface area (Å²) in [5.74, 6) is 1.08. The topological polar surface area (TPSA) is 124 Å². The minimum atomic E-state index is -0.680. The van der Waals surface area contributed by atoms with E-state index < -0.39 is 9.85 Å². The SMILES string of the molecule is CC(C)(C)c1cnc(CNc2ccc([N+](=O)[O-])cc2[N+](=O)[O-])o1. The van der Waals surface area contributed by atoms with Gasteiger partial charge in [-0.15, -0.1) is 0 Å².